The van der Waals surface area contributed by atoms with Gasteiger partial charge in [-0.05, 0) is 74.8 Å². The first kappa shape index (κ1) is 35.9. The molecule has 1 aromatic carbocycles. The molecule has 2 heterocycles. The number of halogens is 2. The van der Waals surface area contributed by atoms with Gasteiger partial charge in [0.1, 0.15) is 23.6 Å². The maximum absolute atomic E-state index is 15.6. The van der Waals surface area contributed by atoms with Crippen LogP contribution in [0, 0.1) is 17.7 Å². The fraction of sp³-hybridized carbons (Fsp3) is 0.636. The lowest BCUT2D eigenvalue weighted by Crippen LogP contribution is -2.57. The maximum Gasteiger partial charge on any atom is 0.276 e. The lowest BCUT2D eigenvalue weighted by Gasteiger charge is -2.36. The highest BCUT2D eigenvalue weighted by molar-refractivity contribution is 6.01. The summed E-state index contributed by atoms with van der Waals surface area (Å²) in [5.74, 6) is -3.67. The lowest BCUT2D eigenvalue weighted by atomic mass is 9.79. The molecule has 1 saturated carbocycles. The van der Waals surface area contributed by atoms with Gasteiger partial charge in [-0.15, -0.1) is 0 Å². The Balaban J connectivity index is 1.54. The van der Waals surface area contributed by atoms with Crippen LogP contribution >= 0.6 is 0 Å². The number of nitrogens with one attached hydrogen (secondary N) is 3. The van der Waals surface area contributed by atoms with Crippen molar-refractivity contribution in [2.75, 3.05) is 38.5 Å². The van der Waals surface area contributed by atoms with Gasteiger partial charge in [-0.1, -0.05) is 44.8 Å². The second kappa shape index (κ2) is 15.3. The van der Waals surface area contributed by atoms with Crippen LogP contribution in [-0.2, 0) is 20.8 Å². The maximum atomic E-state index is 15.6. The normalized spacial score (nSPS) is 21.0. The Morgan fingerprint density at radius 1 is 1.04 bits per heavy atom. The third-order valence-electron chi connectivity index (χ3n) is 9.39. The number of nitrogens with zero attached hydrogens (tertiary/aromatic N) is 4. The summed E-state index contributed by atoms with van der Waals surface area (Å²) in [6, 6.07) is 2.04. The minimum absolute atomic E-state index is 0.00270. The van der Waals surface area contributed by atoms with Crippen molar-refractivity contribution in [2.45, 2.75) is 90.4 Å². The van der Waals surface area contributed by atoms with Gasteiger partial charge in [0, 0.05) is 32.1 Å². The van der Waals surface area contributed by atoms with Gasteiger partial charge < -0.3 is 25.8 Å². The quantitative estimate of drug-likeness (QED) is 0.332. The van der Waals surface area contributed by atoms with Crippen LogP contribution in [0.4, 0.5) is 14.5 Å². The Bertz CT molecular complexity index is 1430. The summed E-state index contributed by atoms with van der Waals surface area (Å²) in [5, 5.41) is 15.4. The zero-order valence-corrected chi connectivity index (χ0v) is 28.1. The van der Waals surface area contributed by atoms with E-state index in [-0.39, 0.29) is 23.2 Å². The number of benzene rings is 1. The van der Waals surface area contributed by atoms with Crippen molar-refractivity contribution in [1.29, 1.82) is 0 Å². The van der Waals surface area contributed by atoms with Crippen LogP contribution < -0.4 is 16.0 Å². The van der Waals surface area contributed by atoms with E-state index in [2.05, 4.69) is 38.1 Å². The monoisotopic (exact) mass is 659 g/mol. The van der Waals surface area contributed by atoms with Crippen molar-refractivity contribution in [3.05, 3.63) is 41.0 Å². The SMILES string of the molecule is CCc1nonc1C(=O)N[C@H](C(=O)Nc1ccc([C@H](C)[C@@H](NC(=O)C(C)(C)F)C(=O)N2CCN(C)CC2)cc1F)[C@H]1CC[C@H](C)CC1. The number of aryl methyl sites for hydroxylation is 1. The number of hydrogen-bond acceptors (Lipinski definition) is 8. The van der Waals surface area contributed by atoms with Crippen LogP contribution in [0.15, 0.2) is 22.8 Å². The second-order valence-electron chi connectivity index (χ2n) is 13.5. The first-order chi connectivity index (χ1) is 22.2. The first-order valence-electron chi connectivity index (χ1n) is 16.4. The molecule has 1 aliphatic carbocycles. The number of hydrogen-bond donors (Lipinski definition) is 3. The molecule has 2 aromatic rings. The summed E-state index contributed by atoms with van der Waals surface area (Å²) < 4.78 is 34.9. The minimum atomic E-state index is -2.23. The predicted octanol–water partition coefficient (Wildman–Crippen LogP) is 3.44. The van der Waals surface area contributed by atoms with Crippen molar-refractivity contribution in [1.82, 2.24) is 30.7 Å². The van der Waals surface area contributed by atoms with Gasteiger partial charge in [0.05, 0.1) is 5.69 Å². The molecule has 47 heavy (non-hydrogen) atoms. The first-order valence-corrected chi connectivity index (χ1v) is 16.4. The van der Waals surface area contributed by atoms with Crippen LogP contribution in [-0.4, -0.2) is 94.7 Å². The summed E-state index contributed by atoms with van der Waals surface area (Å²) in [5.41, 5.74) is -1.60. The fourth-order valence-electron chi connectivity index (χ4n) is 6.09. The van der Waals surface area contributed by atoms with Gasteiger partial charge in [-0.25, -0.2) is 13.4 Å². The summed E-state index contributed by atoms with van der Waals surface area (Å²) in [7, 11) is 1.95. The van der Waals surface area contributed by atoms with Crippen LogP contribution in [0.1, 0.15) is 88.0 Å². The number of carbonyl (C=O) groups is 4. The number of carbonyl (C=O) groups excluding carboxylic acids is 4. The second-order valence-corrected chi connectivity index (χ2v) is 13.5. The Morgan fingerprint density at radius 3 is 2.30 bits per heavy atom. The molecule has 2 aliphatic rings. The van der Waals surface area contributed by atoms with Gasteiger partial charge in [0.15, 0.2) is 11.4 Å². The van der Waals surface area contributed by atoms with E-state index in [1.807, 2.05) is 7.05 Å². The predicted molar refractivity (Wildman–Crippen MR) is 171 cm³/mol. The molecule has 1 saturated heterocycles. The molecule has 12 nitrogen and oxygen atoms in total. The molecule has 1 aromatic heterocycles. The van der Waals surface area contributed by atoms with Crippen molar-refractivity contribution >= 4 is 29.3 Å². The zero-order chi connectivity index (χ0) is 34.5. The molecule has 258 valence electrons. The Labute approximate surface area is 274 Å². The van der Waals surface area contributed by atoms with Crippen molar-refractivity contribution in [3.8, 4) is 0 Å². The van der Waals surface area contributed by atoms with E-state index in [1.165, 1.54) is 12.1 Å². The van der Waals surface area contributed by atoms with Gasteiger partial charge in [0.2, 0.25) is 11.8 Å². The summed E-state index contributed by atoms with van der Waals surface area (Å²) >= 11 is 0. The number of rotatable bonds is 11. The van der Waals surface area contributed by atoms with Crippen molar-refractivity contribution in [3.63, 3.8) is 0 Å². The number of aromatic nitrogens is 2. The Hall–Kier alpha value is -3.94. The van der Waals surface area contributed by atoms with E-state index in [0.29, 0.717) is 62.6 Å². The zero-order valence-electron chi connectivity index (χ0n) is 28.1. The van der Waals surface area contributed by atoms with Crippen LogP contribution in [0.25, 0.3) is 0 Å². The molecule has 0 unspecified atom stereocenters. The average Bonchev–Trinajstić information content (AvgIpc) is 3.52. The van der Waals surface area contributed by atoms with Crippen LogP contribution in [0.2, 0.25) is 0 Å². The average molecular weight is 660 g/mol. The van der Waals surface area contributed by atoms with E-state index in [0.717, 1.165) is 26.7 Å². The smallest absolute Gasteiger partial charge is 0.276 e. The number of likely N-dealkylation sites (N-methyl/N-ethyl adjacent to an activating group) is 1. The third-order valence-corrected chi connectivity index (χ3v) is 9.39. The van der Waals surface area contributed by atoms with E-state index >= 15 is 4.39 Å². The molecule has 0 radical (unpaired) electrons. The number of anilines is 1. The van der Waals surface area contributed by atoms with Gasteiger partial charge in [0.25, 0.3) is 11.8 Å². The molecule has 3 atom stereocenters. The molecule has 0 spiro atoms. The van der Waals surface area contributed by atoms with Crippen molar-refractivity contribution in [2.24, 2.45) is 11.8 Å². The molecule has 3 N–H and O–H groups in total. The Kier molecular flexibility index (Phi) is 11.7. The number of piperazine rings is 1. The minimum Gasteiger partial charge on any atom is -0.341 e. The molecule has 1 aliphatic heterocycles. The van der Waals surface area contributed by atoms with E-state index < -0.39 is 47.2 Å². The largest absolute Gasteiger partial charge is 0.341 e. The molecule has 14 heteroatoms. The highest BCUT2D eigenvalue weighted by Gasteiger charge is 2.38. The fourth-order valence-corrected chi connectivity index (χ4v) is 6.09. The highest BCUT2D eigenvalue weighted by Crippen LogP contribution is 2.32. The summed E-state index contributed by atoms with van der Waals surface area (Å²) in [4.78, 5) is 56.7. The van der Waals surface area contributed by atoms with Crippen LogP contribution in [0.5, 0.6) is 0 Å². The topological polar surface area (TPSA) is 150 Å². The number of alkyl halides is 1. The van der Waals surface area contributed by atoms with Gasteiger partial charge >= 0.3 is 0 Å². The van der Waals surface area contributed by atoms with Gasteiger partial charge in [-0.3, -0.25) is 19.2 Å². The molecule has 4 amide bonds. The molecule has 2 fully saturated rings. The Morgan fingerprint density at radius 2 is 1.70 bits per heavy atom. The van der Waals surface area contributed by atoms with E-state index in [1.54, 1.807) is 24.8 Å². The molecular weight excluding hydrogens is 612 g/mol. The highest BCUT2D eigenvalue weighted by atomic mass is 19.1. The number of amides is 4. The third kappa shape index (κ3) is 8.91. The van der Waals surface area contributed by atoms with Crippen molar-refractivity contribution < 1.29 is 32.6 Å². The van der Waals surface area contributed by atoms with Gasteiger partial charge in [-0.2, -0.15) is 0 Å². The molecule has 0 bridgehead atoms. The summed E-state index contributed by atoms with van der Waals surface area (Å²) in [6.07, 6.45) is 3.61. The molecule has 4 rings (SSSR count). The standard InChI is InChI=1S/C33H47F2N7O5/c1-7-24-28(40-47-39-24)30(44)37-27(21-10-8-19(2)9-11-21)29(43)36-25-13-12-22(18-23(25)34)20(3)26(38-32(46)33(4,5)35)31(45)42-16-14-41(6)15-17-42/h12-13,18-21,26-27H,7-11,14-17H2,1-6H3,(H,36,43)(H,37,44)(H,38,46)/t19-,20-,21-,26+,27-/m0/s1. The lowest BCUT2D eigenvalue weighted by molar-refractivity contribution is -0.141. The van der Waals surface area contributed by atoms with E-state index in [9.17, 15) is 23.6 Å². The summed E-state index contributed by atoms with van der Waals surface area (Å²) in [6.45, 7) is 10.0. The van der Waals surface area contributed by atoms with Crippen LogP contribution in [0.3, 0.4) is 0 Å². The molecular formula is C33H47F2N7O5. The van der Waals surface area contributed by atoms with E-state index in [4.69, 9.17) is 4.63 Å².